The number of rotatable bonds is 3. The van der Waals surface area contributed by atoms with Gasteiger partial charge in [-0.25, -0.2) is 9.18 Å². The van der Waals surface area contributed by atoms with Crippen molar-refractivity contribution in [1.29, 1.82) is 0 Å². The molecule has 0 saturated heterocycles. The lowest BCUT2D eigenvalue weighted by atomic mass is 10.1. The van der Waals surface area contributed by atoms with Gasteiger partial charge in [0.25, 0.3) is 5.69 Å². The summed E-state index contributed by atoms with van der Waals surface area (Å²) in [6.45, 7) is 0. The SMILES string of the molecule is O=C1OC(c2ccc(F)cc2)=CC1=Cc1ccc(Cl)c([N+](=O)[O-])c1. The molecule has 0 spiro atoms. The molecule has 2 aromatic carbocycles. The molecule has 0 N–H and O–H groups in total. The maximum Gasteiger partial charge on any atom is 0.343 e. The number of nitro groups is 1. The third kappa shape index (κ3) is 3.18. The van der Waals surface area contributed by atoms with Gasteiger partial charge in [0.15, 0.2) is 0 Å². The number of hydrogen-bond acceptors (Lipinski definition) is 4. The molecule has 2 aromatic rings. The second-order valence-electron chi connectivity index (χ2n) is 4.97. The second kappa shape index (κ2) is 6.25. The minimum Gasteiger partial charge on any atom is -0.422 e. The largest absolute Gasteiger partial charge is 0.422 e. The Morgan fingerprint density at radius 1 is 1.17 bits per heavy atom. The fourth-order valence-corrected chi connectivity index (χ4v) is 2.37. The van der Waals surface area contributed by atoms with Crippen molar-refractivity contribution in [3.05, 3.63) is 86.2 Å². The van der Waals surface area contributed by atoms with Crippen LogP contribution in [0.1, 0.15) is 11.1 Å². The molecule has 0 aromatic heterocycles. The van der Waals surface area contributed by atoms with Gasteiger partial charge in [0.1, 0.15) is 16.6 Å². The predicted octanol–water partition coefficient (Wildman–Crippen LogP) is 4.37. The average molecular weight is 346 g/mol. The molecule has 0 aliphatic carbocycles. The van der Waals surface area contributed by atoms with Crippen LogP contribution < -0.4 is 0 Å². The van der Waals surface area contributed by atoms with E-state index in [1.54, 1.807) is 6.07 Å². The molecule has 0 saturated carbocycles. The van der Waals surface area contributed by atoms with Crippen LogP contribution in [0.25, 0.3) is 11.8 Å². The average Bonchev–Trinajstić information content (AvgIpc) is 2.90. The number of carbonyl (C=O) groups excluding carboxylic acids is 1. The highest BCUT2D eigenvalue weighted by Crippen LogP contribution is 2.30. The molecule has 0 bridgehead atoms. The zero-order chi connectivity index (χ0) is 17.3. The number of hydrogen-bond donors (Lipinski definition) is 0. The molecule has 24 heavy (non-hydrogen) atoms. The second-order valence-corrected chi connectivity index (χ2v) is 5.38. The number of halogens is 2. The molecule has 5 nitrogen and oxygen atoms in total. The Bertz CT molecular complexity index is 903. The third-order valence-electron chi connectivity index (χ3n) is 3.34. The van der Waals surface area contributed by atoms with Gasteiger partial charge in [-0.15, -0.1) is 0 Å². The topological polar surface area (TPSA) is 69.4 Å². The molecule has 1 aliphatic heterocycles. The van der Waals surface area contributed by atoms with Crippen LogP contribution >= 0.6 is 11.6 Å². The van der Waals surface area contributed by atoms with Gasteiger partial charge in [0, 0.05) is 11.6 Å². The van der Waals surface area contributed by atoms with Crippen molar-refractivity contribution in [2.24, 2.45) is 0 Å². The summed E-state index contributed by atoms with van der Waals surface area (Å²) in [6.07, 6.45) is 2.96. The molecule has 0 amide bonds. The van der Waals surface area contributed by atoms with Crippen molar-refractivity contribution in [3.63, 3.8) is 0 Å². The van der Waals surface area contributed by atoms with E-state index in [1.807, 2.05) is 0 Å². The van der Waals surface area contributed by atoms with Gasteiger partial charge in [-0.05, 0) is 48.0 Å². The zero-order valence-corrected chi connectivity index (χ0v) is 12.8. The highest BCUT2D eigenvalue weighted by atomic mass is 35.5. The summed E-state index contributed by atoms with van der Waals surface area (Å²) in [5.74, 6) is -0.699. The van der Waals surface area contributed by atoms with Gasteiger partial charge in [-0.2, -0.15) is 0 Å². The predicted molar refractivity (Wildman–Crippen MR) is 86.6 cm³/mol. The minimum atomic E-state index is -0.600. The third-order valence-corrected chi connectivity index (χ3v) is 3.66. The maximum absolute atomic E-state index is 12.9. The Kier molecular flexibility index (Phi) is 4.14. The normalized spacial score (nSPS) is 15.3. The maximum atomic E-state index is 12.9. The monoisotopic (exact) mass is 345 g/mol. The molecule has 0 atom stereocenters. The highest BCUT2D eigenvalue weighted by Gasteiger charge is 2.22. The summed E-state index contributed by atoms with van der Waals surface area (Å²) in [7, 11) is 0. The van der Waals surface area contributed by atoms with Gasteiger partial charge >= 0.3 is 5.97 Å². The fourth-order valence-electron chi connectivity index (χ4n) is 2.18. The standard InChI is InChI=1S/C17H9ClFNO4/c18-14-6-1-10(8-15(14)20(22)23)7-12-9-16(24-17(12)21)11-2-4-13(19)5-3-11/h1-9H. The number of ether oxygens (including phenoxy) is 1. The lowest BCUT2D eigenvalue weighted by Crippen LogP contribution is -1.97. The molecule has 0 radical (unpaired) electrons. The van der Waals surface area contributed by atoms with E-state index in [9.17, 15) is 19.3 Å². The zero-order valence-electron chi connectivity index (χ0n) is 12.0. The number of nitro benzene ring substituents is 1. The Morgan fingerprint density at radius 2 is 1.88 bits per heavy atom. The van der Waals surface area contributed by atoms with E-state index in [0.717, 1.165) is 0 Å². The number of nitrogens with zero attached hydrogens (tertiary/aromatic N) is 1. The van der Waals surface area contributed by atoms with Crippen molar-refractivity contribution in [1.82, 2.24) is 0 Å². The van der Waals surface area contributed by atoms with Crippen LogP contribution in [-0.2, 0) is 9.53 Å². The number of carbonyl (C=O) groups is 1. The van der Waals surface area contributed by atoms with Crippen molar-refractivity contribution < 1.29 is 18.8 Å². The van der Waals surface area contributed by atoms with Crippen molar-refractivity contribution in [2.45, 2.75) is 0 Å². The summed E-state index contributed by atoms with van der Waals surface area (Å²) in [5.41, 5.74) is 0.968. The Morgan fingerprint density at radius 3 is 2.54 bits per heavy atom. The number of cyclic esters (lactones) is 1. The summed E-state index contributed by atoms with van der Waals surface area (Å²) in [4.78, 5) is 22.2. The van der Waals surface area contributed by atoms with Gasteiger partial charge in [-0.3, -0.25) is 10.1 Å². The lowest BCUT2D eigenvalue weighted by molar-refractivity contribution is -0.384. The van der Waals surface area contributed by atoms with E-state index in [4.69, 9.17) is 16.3 Å². The first-order valence-corrected chi connectivity index (χ1v) is 7.17. The summed E-state index contributed by atoms with van der Waals surface area (Å²) < 4.78 is 18.1. The van der Waals surface area contributed by atoms with E-state index in [1.165, 1.54) is 48.6 Å². The van der Waals surface area contributed by atoms with Crippen LogP contribution in [0, 0.1) is 15.9 Å². The van der Waals surface area contributed by atoms with E-state index in [2.05, 4.69) is 0 Å². The van der Waals surface area contributed by atoms with Gasteiger partial charge < -0.3 is 4.74 Å². The Hall–Kier alpha value is -2.99. The molecule has 7 heteroatoms. The molecule has 3 rings (SSSR count). The van der Waals surface area contributed by atoms with Crippen molar-refractivity contribution in [3.8, 4) is 0 Å². The van der Waals surface area contributed by atoms with Crippen molar-refractivity contribution >= 4 is 35.1 Å². The first kappa shape index (κ1) is 15.9. The van der Waals surface area contributed by atoms with Crippen LogP contribution in [0.5, 0.6) is 0 Å². The highest BCUT2D eigenvalue weighted by molar-refractivity contribution is 6.32. The summed E-state index contributed by atoms with van der Waals surface area (Å²) in [6, 6.07) is 9.71. The van der Waals surface area contributed by atoms with Gasteiger partial charge in [-0.1, -0.05) is 17.7 Å². The number of benzene rings is 2. The van der Waals surface area contributed by atoms with E-state index >= 15 is 0 Å². The quantitative estimate of drug-likeness (QED) is 0.358. The minimum absolute atomic E-state index is 0.0127. The van der Waals surface area contributed by atoms with Crippen LogP contribution in [-0.4, -0.2) is 10.9 Å². The molecule has 120 valence electrons. The summed E-state index contributed by atoms with van der Waals surface area (Å²) in [5, 5.41) is 10.9. The molecule has 1 aliphatic rings. The lowest BCUT2D eigenvalue weighted by Gasteiger charge is -2.00. The van der Waals surface area contributed by atoms with Crippen LogP contribution in [0.15, 0.2) is 54.1 Å². The molecule has 0 unspecified atom stereocenters. The van der Waals surface area contributed by atoms with E-state index < -0.39 is 16.7 Å². The molecule has 0 fully saturated rings. The van der Waals surface area contributed by atoms with Crippen LogP contribution in [0.2, 0.25) is 5.02 Å². The van der Waals surface area contributed by atoms with Crippen molar-refractivity contribution in [2.75, 3.05) is 0 Å². The van der Waals surface area contributed by atoms with E-state index in [0.29, 0.717) is 11.1 Å². The van der Waals surface area contributed by atoms with Crippen LogP contribution in [0.4, 0.5) is 10.1 Å². The molecular formula is C17H9ClFNO4. The van der Waals surface area contributed by atoms with Gasteiger partial charge in [0.2, 0.25) is 0 Å². The van der Waals surface area contributed by atoms with E-state index in [-0.39, 0.29) is 22.0 Å². The Balaban J connectivity index is 1.95. The summed E-state index contributed by atoms with van der Waals surface area (Å²) >= 11 is 5.76. The first-order valence-electron chi connectivity index (χ1n) is 6.79. The molecule has 1 heterocycles. The number of esters is 1. The van der Waals surface area contributed by atoms with Gasteiger partial charge in [0.05, 0.1) is 10.5 Å². The molecular weight excluding hydrogens is 337 g/mol. The van der Waals surface area contributed by atoms with Crippen LogP contribution in [0.3, 0.4) is 0 Å². The Labute approximate surface area is 140 Å². The first-order chi connectivity index (χ1) is 11.4. The fraction of sp³-hybridized carbons (Fsp3) is 0. The smallest absolute Gasteiger partial charge is 0.343 e.